The Morgan fingerprint density at radius 2 is 1.87 bits per heavy atom. The molecule has 1 aromatic heterocycles. The fraction of sp³-hybridized carbons (Fsp3) is 0.542. The first-order valence-corrected chi connectivity index (χ1v) is 11.5. The second kappa shape index (κ2) is 10.1. The van der Waals surface area contributed by atoms with E-state index in [1.54, 1.807) is 0 Å². The number of nitrogens with zero attached hydrogens (tertiary/aromatic N) is 5. The molecule has 7 heteroatoms. The number of anilines is 2. The minimum atomic E-state index is 0.675. The zero-order valence-electron chi connectivity index (χ0n) is 18.7. The predicted octanol–water partition coefficient (Wildman–Crippen LogP) is 2.94. The Hall–Kier alpha value is -2.69. The fourth-order valence-corrected chi connectivity index (χ4v) is 4.39. The van der Waals surface area contributed by atoms with E-state index in [0.717, 1.165) is 74.0 Å². The van der Waals surface area contributed by atoms with Gasteiger partial charge in [0.2, 0.25) is 0 Å². The van der Waals surface area contributed by atoms with Gasteiger partial charge in [-0.15, -0.1) is 0 Å². The quantitative estimate of drug-likeness (QED) is 0.668. The van der Waals surface area contributed by atoms with Gasteiger partial charge < -0.3 is 20.4 Å². The van der Waals surface area contributed by atoms with Crippen LogP contribution in [-0.2, 0) is 0 Å². The molecule has 0 amide bonds. The maximum absolute atomic E-state index is 9.76. The van der Waals surface area contributed by atoms with E-state index in [-0.39, 0.29) is 0 Å². The van der Waals surface area contributed by atoms with Gasteiger partial charge in [-0.1, -0.05) is 0 Å². The van der Waals surface area contributed by atoms with Crippen LogP contribution in [0.2, 0.25) is 0 Å². The molecule has 2 N–H and O–H groups in total. The second-order valence-electron chi connectivity index (χ2n) is 8.52. The molecule has 0 aliphatic carbocycles. The first-order valence-electron chi connectivity index (χ1n) is 11.5. The standard InChI is InChI=1S/C24H33N7/c1-18-19(2)28-24(29-23(18)27-8-5-13-30-11-3-4-12-30)20-6-7-22(21(16-20)17-25)31-14-9-26-10-15-31/h6-7,16,26H,3-5,8-15H2,1-2H3,(H,27,28,29). The normalized spacial score (nSPS) is 17.0. The molecule has 2 saturated heterocycles. The number of rotatable bonds is 7. The highest BCUT2D eigenvalue weighted by Crippen LogP contribution is 2.28. The molecule has 2 fully saturated rings. The molecular formula is C24H33N7. The molecule has 0 saturated carbocycles. The van der Waals surface area contributed by atoms with Crippen molar-refractivity contribution in [2.24, 2.45) is 0 Å². The van der Waals surface area contributed by atoms with Gasteiger partial charge in [-0.2, -0.15) is 5.26 Å². The summed E-state index contributed by atoms with van der Waals surface area (Å²) >= 11 is 0. The Morgan fingerprint density at radius 3 is 2.61 bits per heavy atom. The van der Waals surface area contributed by atoms with E-state index in [1.807, 2.05) is 25.1 Å². The molecule has 0 radical (unpaired) electrons. The summed E-state index contributed by atoms with van der Waals surface area (Å²) in [6.07, 6.45) is 3.77. The summed E-state index contributed by atoms with van der Waals surface area (Å²) in [7, 11) is 0. The summed E-state index contributed by atoms with van der Waals surface area (Å²) in [6.45, 7) is 12.3. The summed E-state index contributed by atoms with van der Waals surface area (Å²) < 4.78 is 0. The smallest absolute Gasteiger partial charge is 0.161 e. The van der Waals surface area contributed by atoms with E-state index in [1.165, 1.54) is 25.9 Å². The lowest BCUT2D eigenvalue weighted by atomic mass is 10.1. The molecule has 7 nitrogen and oxygen atoms in total. The summed E-state index contributed by atoms with van der Waals surface area (Å²) in [6, 6.07) is 8.39. The summed E-state index contributed by atoms with van der Waals surface area (Å²) in [5, 5.41) is 16.6. The van der Waals surface area contributed by atoms with E-state index in [0.29, 0.717) is 11.4 Å². The number of benzene rings is 1. The van der Waals surface area contributed by atoms with Gasteiger partial charge in [-0.05, 0) is 70.9 Å². The van der Waals surface area contributed by atoms with E-state index in [9.17, 15) is 5.26 Å². The number of likely N-dealkylation sites (tertiary alicyclic amines) is 1. The minimum absolute atomic E-state index is 0.675. The van der Waals surface area contributed by atoms with Gasteiger partial charge in [0.25, 0.3) is 0 Å². The average Bonchev–Trinajstić information content (AvgIpc) is 3.33. The van der Waals surface area contributed by atoms with E-state index < -0.39 is 0 Å². The average molecular weight is 420 g/mol. The molecule has 0 spiro atoms. The van der Waals surface area contributed by atoms with Gasteiger partial charge in [0.15, 0.2) is 5.82 Å². The van der Waals surface area contributed by atoms with Gasteiger partial charge in [-0.25, -0.2) is 9.97 Å². The number of nitrogens with one attached hydrogen (secondary N) is 2. The summed E-state index contributed by atoms with van der Waals surface area (Å²) in [5.74, 6) is 1.57. The van der Waals surface area contributed by atoms with Crippen LogP contribution < -0.4 is 15.5 Å². The van der Waals surface area contributed by atoms with Gasteiger partial charge in [0.1, 0.15) is 11.9 Å². The molecule has 0 atom stereocenters. The van der Waals surface area contributed by atoms with Crippen molar-refractivity contribution in [2.45, 2.75) is 33.1 Å². The van der Waals surface area contributed by atoms with Crippen LogP contribution in [0.3, 0.4) is 0 Å². The number of aryl methyl sites for hydroxylation is 1. The highest BCUT2D eigenvalue weighted by atomic mass is 15.2. The van der Waals surface area contributed by atoms with Gasteiger partial charge in [-0.3, -0.25) is 0 Å². The zero-order valence-corrected chi connectivity index (χ0v) is 18.7. The number of hydrogen-bond donors (Lipinski definition) is 2. The first kappa shape index (κ1) is 21.5. The molecule has 3 heterocycles. The largest absolute Gasteiger partial charge is 0.370 e. The topological polar surface area (TPSA) is 80.1 Å². The van der Waals surface area contributed by atoms with Crippen molar-refractivity contribution in [3.8, 4) is 17.5 Å². The molecule has 164 valence electrons. The second-order valence-corrected chi connectivity index (χ2v) is 8.52. The van der Waals surface area contributed by atoms with Crippen LogP contribution in [0, 0.1) is 25.2 Å². The SMILES string of the molecule is Cc1nc(-c2ccc(N3CCNCC3)c(C#N)c2)nc(NCCCN2CCCC2)c1C. The number of nitriles is 1. The third-order valence-electron chi connectivity index (χ3n) is 6.36. The maximum atomic E-state index is 9.76. The van der Waals surface area contributed by atoms with Crippen LogP contribution in [0.1, 0.15) is 36.1 Å². The van der Waals surface area contributed by atoms with Crippen LogP contribution in [0.4, 0.5) is 11.5 Å². The predicted molar refractivity (Wildman–Crippen MR) is 126 cm³/mol. The fourth-order valence-electron chi connectivity index (χ4n) is 4.39. The van der Waals surface area contributed by atoms with Crippen molar-refractivity contribution in [2.75, 3.05) is 62.6 Å². The first-order chi connectivity index (χ1) is 15.2. The van der Waals surface area contributed by atoms with Crippen LogP contribution >= 0.6 is 0 Å². The van der Waals surface area contributed by atoms with E-state index in [2.05, 4.69) is 33.4 Å². The molecule has 0 bridgehead atoms. The number of hydrogen-bond acceptors (Lipinski definition) is 7. The lowest BCUT2D eigenvalue weighted by Crippen LogP contribution is -2.43. The highest BCUT2D eigenvalue weighted by molar-refractivity contribution is 5.69. The number of piperazine rings is 1. The van der Waals surface area contributed by atoms with Crippen molar-refractivity contribution in [1.29, 1.82) is 5.26 Å². The van der Waals surface area contributed by atoms with Crippen molar-refractivity contribution in [3.63, 3.8) is 0 Å². The Labute approximate surface area is 185 Å². The Morgan fingerprint density at radius 1 is 1.10 bits per heavy atom. The van der Waals surface area contributed by atoms with Crippen LogP contribution in [0.5, 0.6) is 0 Å². The Kier molecular flexibility index (Phi) is 7.00. The molecular weight excluding hydrogens is 386 g/mol. The highest BCUT2D eigenvalue weighted by Gasteiger charge is 2.17. The van der Waals surface area contributed by atoms with Crippen molar-refractivity contribution in [3.05, 3.63) is 35.0 Å². The molecule has 0 unspecified atom stereocenters. The Bertz CT molecular complexity index is 938. The van der Waals surface area contributed by atoms with Gasteiger partial charge in [0.05, 0.1) is 11.3 Å². The monoisotopic (exact) mass is 419 g/mol. The van der Waals surface area contributed by atoms with Gasteiger partial charge in [0, 0.05) is 49.5 Å². The van der Waals surface area contributed by atoms with Gasteiger partial charge >= 0.3 is 0 Å². The number of aromatic nitrogens is 2. The van der Waals surface area contributed by atoms with Crippen LogP contribution in [-0.4, -0.2) is 67.2 Å². The van der Waals surface area contributed by atoms with E-state index >= 15 is 0 Å². The third kappa shape index (κ3) is 5.15. The van der Waals surface area contributed by atoms with Crippen LogP contribution in [0.15, 0.2) is 18.2 Å². The molecule has 1 aromatic carbocycles. The van der Waals surface area contributed by atoms with Crippen LogP contribution in [0.25, 0.3) is 11.4 Å². The van der Waals surface area contributed by atoms with E-state index in [4.69, 9.17) is 9.97 Å². The molecule has 4 rings (SSSR count). The maximum Gasteiger partial charge on any atom is 0.161 e. The summed E-state index contributed by atoms with van der Waals surface area (Å²) in [5.41, 5.74) is 4.62. The minimum Gasteiger partial charge on any atom is -0.370 e. The lowest BCUT2D eigenvalue weighted by Gasteiger charge is -2.30. The van der Waals surface area contributed by atoms with Crippen molar-refractivity contribution < 1.29 is 0 Å². The van der Waals surface area contributed by atoms with Crippen molar-refractivity contribution in [1.82, 2.24) is 20.2 Å². The zero-order chi connectivity index (χ0) is 21.6. The van der Waals surface area contributed by atoms with Crippen molar-refractivity contribution >= 4 is 11.5 Å². The molecule has 31 heavy (non-hydrogen) atoms. The molecule has 2 aromatic rings. The Balaban J connectivity index is 1.50. The molecule has 2 aliphatic heterocycles. The third-order valence-corrected chi connectivity index (χ3v) is 6.36. The summed E-state index contributed by atoms with van der Waals surface area (Å²) in [4.78, 5) is 14.3. The molecule has 2 aliphatic rings. The lowest BCUT2D eigenvalue weighted by molar-refractivity contribution is 0.337.